The van der Waals surface area contributed by atoms with Crippen LogP contribution in [0.15, 0.2) is 121 Å². The fraction of sp³-hybridized carbons (Fsp3) is 0.333. The predicted octanol–water partition coefficient (Wildman–Crippen LogP) is 6.90. The van der Waals surface area contributed by atoms with Gasteiger partial charge in [0, 0.05) is 60.8 Å². The summed E-state index contributed by atoms with van der Waals surface area (Å²) in [6, 6.07) is 31.8. The number of phenolic OH excluding ortho intramolecular Hbond substituents is 1. The average Bonchev–Trinajstić information content (AvgIpc) is 3.51. The van der Waals surface area contributed by atoms with Crippen molar-refractivity contribution in [1.82, 2.24) is 9.80 Å². The number of likely N-dealkylation sites (tertiary alicyclic amines) is 2. The monoisotopic (exact) mass is 762 g/mol. The van der Waals surface area contributed by atoms with E-state index in [4.69, 9.17) is 9.47 Å². The number of allylic oxidation sites excluding steroid dienone is 4. The van der Waals surface area contributed by atoms with Gasteiger partial charge in [0.2, 0.25) is 11.8 Å². The molecule has 9 heteroatoms. The number of carbonyl (C=O) groups is 4. The van der Waals surface area contributed by atoms with Crippen LogP contribution in [0.3, 0.4) is 0 Å². The second-order valence-corrected chi connectivity index (χ2v) is 16.1. The molecule has 5 aliphatic rings. The number of hydrogen-bond donors (Lipinski definition) is 1. The standard InChI is InChI=1S/C48H46N2O7/c1-56-33-24-39(51)43(40(25-33)57-2)44-34-18-19-35-42(47(55)50(46(35)54)32-20-22-49(23-21-32)28-29-12-6-3-7-13-29)37(34)26-38-45(53)36(30-14-8-4-9-15-30)27-41(52)48(38,44)31-16-10-5-11-17-31/h3-18,24-25,27,32,35,37-38,42,44,51H,19-23,26,28H2,1-2H3/t35-,37+,38-,42-,44+,48-/m0/s1. The number of ether oxygens (including phenoxy) is 2. The third kappa shape index (κ3) is 5.85. The molecule has 2 saturated heterocycles. The fourth-order valence-corrected chi connectivity index (χ4v) is 10.9. The van der Waals surface area contributed by atoms with E-state index in [2.05, 4.69) is 17.0 Å². The van der Waals surface area contributed by atoms with E-state index < -0.39 is 35.0 Å². The molecule has 9 nitrogen and oxygen atoms in total. The first-order chi connectivity index (χ1) is 27.8. The van der Waals surface area contributed by atoms with Crippen LogP contribution in [0, 0.1) is 23.7 Å². The zero-order chi connectivity index (χ0) is 39.4. The first kappa shape index (κ1) is 36.8. The number of Topliss-reactive ketones (excluding diaryl/α,β-unsaturated/α-hetero) is 1. The van der Waals surface area contributed by atoms with Crippen LogP contribution in [0.5, 0.6) is 17.2 Å². The van der Waals surface area contributed by atoms with Crippen molar-refractivity contribution in [2.45, 2.75) is 49.6 Å². The van der Waals surface area contributed by atoms with Gasteiger partial charge in [0.1, 0.15) is 17.2 Å². The normalized spacial score (nSPS) is 27.6. The number of hydrogen-bond acceptors (Lipinski definition) is 8. The van der Waals surface area contributed by atoms with Crippen molar-refractivity contribution in [1.29, 1.82) is 0 Å². The Bertz CT molecular complexity index is 2300. The van der Waals surface area contributed by atoms with E-state index in [1.54, 1.807) is 11.0 Å². The first-order valence-corrected chi connectivity index (χ1v) is 20.0. The van der Waals surface area contributed by atoms with Crippen molar-refractivity contribution < 1.29 is 33.8 Å². The summed E-state index contributed by atoms with van der Waals surface area (Å²) in [6.07, 6.45) is 5.37. The van der Waals surface area contributed by atoms with Gasteiger partial charge in [-0.25, -0.2) is 0 Å². The van der Waals surface area contributed by atoms with E-state index >= 15 is 9.59 Å². The molecule has 2 aliphatic heterocycles. The summed E-state index contributed by atoms with van der Waals surface area (Å²) in [5.41, 5.74) is 2.44. The lowest BCUT2D eigenvalue weighted by Crippen LogP contribution is -2.59. The van der Waals surface area contributed by atoms with Crippen LogP contribution in [0.1, 0.15) is 53.9 Å². The van der Waals surface area contributed by atoms with Crippen LogP contribution in [-0.4, -0.2) is 71.6 Å². The van der Waals surface area contributed by atoms with Gasteiger partial charge in [0.15, 0.2) is 11.6 Å². The number of nitrogens with zero attached hydrogens (tertiary/aromatic N) is 2. The first-order valence-electron chi connectivity index (χ1n) is 20.0. The van der Waals surface area contributed by atoms with E-state index in [0.717, 1.165) is 25.2 Å². The predicted molar refractivity (Wildman–Crippen MR) is 214 cm³/mol. The van der Waals surface area contributed by atoms with E-state index in [-0.39, 0.29) is 41.6 Å². The molecule has 4 aromatic rings. The highest BCUT2D eigenvalue weighted by Crippen LogP contribution is 2.65. The van der Waals surface area contributed by atoms with E-state index in [1.165, 1.54) is 31.9 Å². The third-order valence-corrected chi connectivity index (χ3v) is 13.4. The lowest BCUT2D eigenvalue weighted by molar-refractivity contribution is -0.144. The maximum absolute atomic E-state index is 15.4. The van der Waals surface area contributed by atoms with Crippen molar-refractivity contribution in [2.24, 2.45) is 23.7 Å². The lowest BCUT2D eigenvalue weighted by Gasteiger charge is -2.55. The van der Waals surface area contributed by atoms with Crippen molar-refractivity contribution >= 4 is 29.0 Å². The zero-order valence-electron chi connectivity index (χ0n) is 32.2. The van der Waals surface area contributed by atoms with Crippen molar-refractivity contribution in [3.05, 3.63) is 143 Å². The van der Waals surface area contributed by atoms with E-state index in [9.17, 15) is 14.7 Å². The molecule has 3 fully saturated rings. The molecule has 3 aliphatic carbocycles. The minimum absolute atomic E-state index is 0.148. The number of rotatable bonds is 8. The number of fused-ring (bicyclic) bond motifs is 4. The van der Waals surface area contributed by atoms with Crippen LogP contribution in [-0.2, 0) is 31.1 Å². The minimum atomic E-state index is -1.50. The van der Waals surface area contributed by atoms with Crippen LogP contribution in [0.2, 0.25) is 0 Å². The van der Waals surface area contributed by atoms with Gasteiger partial charge >= 0.3 is 0 Å². The molecular weight excluding hydrogens is 717 g/mol. The summed E-state index contributed by atoms with van der Waals surface area (Å²) in [7, 11) is 3.00. The summed E-state index contributed by atoms with van der Waals surface area (Å²) in [6.45, 7) is 2.35. The second-order valence-electron chi connectivity index (χ2n) is 16.1. The number of imide groups is 1. The number of methoxy groups -OCH3 is 2. The second kappa shape index (κ2) is 14.6. The Balaban J connectivity index is 1.16. The van der Waals surface area contributed by atoms with Gasteiger partial charge in [-0.1, -0.05) is 103 Å². The number of aromatic hydroxyl groups is 1. The molecule has 0 radical (unpaired) electrons. The smallest absolute Gasteiger partial charge is 0.233 e. The van der Waals surface area contributed by atoms with Gasteiger partial charge in [0.05, 0.1) is 31.5 Å². The summed E-state index contributed by atoms with van der Waals surface area (Å²) >= 11 is 0. The summed E-state index contributed by atoms with van der Waals surface area (Å²) < 4.78 is 11.5. The number of carbonyl (C=O) groups excluding carboxylic acids is 4. The van der Waals surface area contributed by atoms with Crippen LogP contribution in [0.4, 0.5) is 0 Å². The molecular formula is C48H46N2O7. The van der Waals surface area contributed by atoms with Gasteiger partial charge in [-0.3, -0.25) is 29.0 Å². The number of ketones is 2. The molecule has 0 unspecified atom stereocenters. The molecule has 2 heterocycles. The zero-order valence-corrected chi connectivity index (χ0v) is 32.2. The third-order valence-electron chi connectivity index (χ3n) is 13.4. The molecule has 4 aromatic carbocycles. The Morgan fingerprint density at radius 1 is 0.789 bits per heavy atom. The van der Waals surface area contributed by atoms with Crippen LogP contribution >= 0.6 is 0 Å². The maximum Gasteiger partial charge on any atom is 0.233 e. The fourth-order valence-electron chi connectivity index (χ4n) is 10.9. The summed E-state index contributed by atoms with van der Waals surface area (Å²) in [5, 5.41) is 12.0. The molecule has 0 spiro atoms. The Kier molecular flexibility index (Phi) is 9.44. The topological polar surface area (TPSA) is 113 Å². The molecule has 0 aromatic heterocycles. The highest BCUT2D eigenvalue weighted by atomic mass is 16.5. The molecule has 1 N–H and O–H groups in total. The number of amides is 2. The van der Waals surface area contributed by atoms with Crippen molar-refractivity contribution in [2.75, 3.05) is 27.3 Å². The van der Waals surface area contributed by atoms with Crippen molar-refractivity contribution in [3.8, 4) is 17.2 Å². The highest BCUT2D eigenvalue weighted by molar-refractivity contribution is 6.31. The molecule has 2 amide bonds. The SMILES string of the molecule is COc1cc(O)c([C@H]2C3=CC[C@@H]4C(=O)N(C5CCN(Cc6ccccc6)CC5)C(=O)[C@@H]4[C@@H]3C[C@H]3C(=O)C(c4ccccc4)=CC(=O)[C@@]23c2ccccc2)c(OC)c1. The van der Waals surface area contributed by atoms with Gasteiger partial charge in [0.25, 0.3) is 0 Å². The highest BCUT2D eigenvalue weighted by Gasteiger charge is 2.67. The molecule has 290 valence electrons. The van der Waals surface area contributed by atoms with E-state index in [0.29, 0.717) is 53.0 Å². The Labute approximate surface area is 332 Å². The summed E-state index contributed by atoms with van der Waals surface area (Å²) in [5.74, 6) is -3.99. The van der Waals surface area contributed by atoms with E-state index in [1.807, 2.05) is 84.9 Å². The number of phenols is 1. The Hall–Kier alpha value is -5.80. The quantitative estimate of drug-likeness (QED) is 0.153. The molecule has 0 bridgehead atoms. The minimum Gasteiger partial charge on any atom is -0.507 e. The Morgan fingerprint density at radius 3 is 2.12 bits per heavy atom. The summed E-state index contributed by atoms with van der Waals surface area (Å²) in [4.78, 5) is 64.0. The molecule has 9 rings (SSSR count). The average molecular weight is 763 g/mol. The maximum atomic E-state index is 15.4. The largest absolute Gasteiger partial charge is 0.507 e. The molecule has 6 atom stereocenters. The Morgan fingerprint density at radius 2 is 1.46 bits per heavy atom. The van der Waals surface area contributed by atoms with Crippen molar-refractivity contribution in [3.63, 3.8) is 0 Å². The van der Waals surface area contributed by atoms with Gasteiger partial charge < -0.3 is 14.6 Å². The van der Waals surface area contributed by atoms with Gasteiger partial charge in [-0.05, 0) is 54.4 Å². The number of piperidine rings is 1. The lowest BCUT2D eigenvalue weighted by atomic mass is 9.44. The molecule has 1 saturated carbocycles. The van der Waals surface area contributed by atoms with Gasteiger partial charge in [-0.2, -0.15) is 0 Å². The molecule has 57 heavy (non-hydrogen) atoms. The van der Waals surface area contributed by atoms with Crippen LogP contribution < -0.4 is 9.47 Å². The van der Waals surface area contributed by atoms with Crippen LogP contribution in [0.25, 0.3) is 5.57 Å². The van der Waals surface area contributed by atoms with Gasteiger partial charge in [-0.15, -0.1) is 0 Å². The number of benzene rings is 4.